The van der Waals surface area contributed by atoms with Crippen LogP contribution < -0.4 is 15.8 Å². The van der Waals surface area contributed by atoms with E-state index in [1.54, 1.807) is 7.05 Å². The minimum atomic E-state index is -0.623. The highest BCUT2D eigenvalue weighted by molar-refractivity contribution is 5.84. The minimum Gasteiger partial charge on any atom is -0.490 e. The van der Waals surface area contributed by atoms with Crippen LogP contribution in [0, 0.1) is 13.8 Å². The summed E-state index contributed by atoms with van der Waals surface area (Å²) in [6.07, 6.45) is 3.35. The van der Waals surface area contributed by atoms with Gasteiger partial charge in [0.15, 0.2) is 0 Å². The summed E-state index contributed by atoms with van der Waals surface area (Å²) in [5.74, 6) is 0.617. The number of aryl methyl sites for hydroxylation is 2. The molecule has 1 fully saturated rings. The molecule has 1 aliphatic carbocycles. The maximum Gasteiger partial charge on any atom is 0.237 e. The monoisotopic (exact) mass is 276 g/mol. The number of amides is 1. The number of primary amides is 1. The Balaban J connectivity index is 2.11. The van der Waals surface area contributed by atoms with Gasteiger partial charge in [-0.3, -0.25) is 4.79 Å². The molecule has 20 heavy (non-hydrogen) atoms. The molecule has 0 heterocycles. The fourth-order valence-corrected chi connectivity index (χ4v) is 3.01. The number of carbonyl (C=O) groups excluding carboxylic acids is 1. The average molecular weight is 276 g/mol. The van der Waals surface area contributed by atoms with Crippen molar-refractivity contribution in [2.45, 2.75) is 51.2 Å². The van der Waals surface area contributed by atoms with Crippen LogP contribution in [0.25, 0.3) is 0 Å². The number of carbonyl (C=O) groups is 1. The molecule has 1 amide bonds. The van der Waals surface area contributed by atoms with E-state index in [-0.39, 0.29) is 12.0 Å². The Kier molecular flexibility index (Phi) is 4.33. The first-order chi connectivity index (χ1) is 9.47. The Bertz CT molecular complexity index is 501. The van der Waals surface area contributed by atoms with Crippen LogP contribution in [0.5, 0.6) is 5.75 Å². The highest BCUT2D eigenvalue weighted by Crippen LogP contribution is 2.32. The van der Waals surface area contributed by atoms with Gasteiger partial charge >= 0.3 is 0 Å². The van der Waals surface area contributed by atoms with E-state index >= 15 is 0 Å². The average Bonchev–Trinajstić information content (AvgIpc) is 2.42. The van der Waals surface area contributed by atoms with Crippen molar-refractivity contribution in [3.8, 4) is 5.75 Å². The third-order valence-electron chi connectivity index (χ3n) is 4.28. The normalized spacial score (nSPS) is 26.2. The van der Waals surface area contributed by atoms with Gasteiger partial charge in [0.1, 0.15) is 17.4 Å². The van der Waals surface area contributed by atoms with Crippen LogP contribution >= 0.6 is 0 Å². The predicted molar refractivity (Wildman–Crippen MR) is 79.8 cm³/mol. The van der Waals surface area contributed by atoms with Crippen LogP contribution in [-0.2, 0) is 4.79 Å². The molecule has 4 heteroatoms. The van der Waals surface area contributed by atoms with E-state index in [1.165, 1.54) is 5.56 Å². The first kappa shape index (κ1) is 14.9. The summed E-state index contributed by atoms with van der Waals surface area (Å²) in [7, 11) is 1.80. The van der Waals surface area contributed by atoms with Gasteiger partial charge < -0.3 is 15.8 Å². The van der Waals surface area contributed by atoms with Crippen molar-refractivity contribution in [3.05, 3.63) is 29.3 Å². The number of benzene rings is 1. The molecule has 0 radical (unpaired) electrons. The molecule has 1 aromatic rings. The Hall–Kier alpha value is -1.55. The van der Waals surface area contributed by atoms with E-state index in [9.17, 15) is 4.79 Å². The van der Waals surface area contributed by atoms with Gasteiger partial charge in [-0.15, -0.1) is 0 Å². The second kappa shape index (κ2) is 5.83. The van der Waals surface area contributed by atoms with Crippen LogP contribution in [0.3, 0.4) is 0 Å². The van der Waals surface area contributed by atoms with Crippen molar-refractivity contribution in [2.24, 2.45) is 5.73 Å². The third kappa shape index (κ3) is 2.96. The molecular weight excluding hydrogens is 252 g/mol. The molecule has 2 atom stereocenters. The van der Waals surface area contributed by atoms with Crippen LogP contribution in [0.1, 0.15) is 36.8 Å². The second-order valence-electron chi connectivity index (χ2n) is 5.80. The van der Waals surface area contributed by atoms with Gasteiger partial charge in [-0.1, -0.05) is 17.7 Å². The van der Waals surface area contributed by atoms with Crippen molar-refractivity contribution in [2.75, 3.05) is 7.05 Å². The van der Waals surface area contributed by atoms with E-state index < -0.39 is 5.54 Å². The zero-order chi connectivity index (χ0) is 14.8. The van der Waals surface area contributed by atoms with E-state index in [0.29, 0.717) is 6.42 Å². The number of ether oxygens (including phenoxy) is 1. The van der Waals surface area contributed by atoms with Gasteiger partial charge in [-0.25, -0.2) is 0 Å². The fourth-order valence-electron chi connectivity index (χ4n) is 3.01. The lowest BCUT2D eigenvalue weighted by molar-refractivity contribution is -0.126. The van der Waals surface area contributed by atoms with Crippen LogP contribution in [-0.4, -0.2) is 24.6 Å². The number of hydrogen-bond donors (Lipinski definition) is 2. The minimum absolute atomic E-state index is 0.0325. The smallest absolute Gasteiger partial charge is 0.237 e. The molecule has 4 nitrogen and oxygen atoms in total. The highest BCUT2D eigenvalue weighted by atomic mass is 16.5. The fraction of sp³-hybridized carbons (Fsp3) is 0.562. The van der Waals surface area contributed by atoms with Crippen LogP contribution in [0.4, 0.5) is 0 Å². The molecule has 1 saturated carbocycles. The largest absolute Gasteiger partial charge is 0.490 e. The van der Waals surface area contributed by atoms with Crippen molar-refractivity contribution in [1.82, 2.24) is 5.32 Å². The van der Waals surface area contributed by atoms with Crippen LogP contribution in [0.15, 0.2) is 18.2 Å². The number of hydrogen-bond acceptors (Lipinski definition) is 3. The summed E-state index contributed by atoms with van der Waals surface area (Å²) in [5.41, 5.74) is 7.29. The molecule has 0 saturated heterocycles. The molecule has 3 N–H and O–H groups in total. The summed E-state index contributed by atoms with van der Waals surface area (Å²) in [4.78, 5) is 11.7. The lowest BCUT2D eigenvalue weighted by Crippen LogP contribution is -2.58. The Labute approximate surface area is 120 Å². The van der Waals surface area contributed by atoms with Gasteiger partial charge in [0.25, 0.3) is 0 Å². The Morgan fingerprint density at radius 2 is 2.20 bits per heavy atom. The standard InChI is InChI=1S/C16H24N2O2/c1-11-6-7-14(12(2)9-11)20-13-5-4-8-16(10-13,18-3)15(17)19/h6-7,9,13,18H,4-5,8,10H2,1-3H3,(H2,17,19). The third-order valence-corrected chi connectivity index (χ3v) is 4.28. The maximum absolute atomic E-state index is 11.7. The second-order valence-corrected chi connectivity index (χ2v) is 5.80. The van der Waals surface area contributed by atoms with Crippen LogP contribution in [0.2, 0.25) is 0 Å². The number of rotatable bonds is 4. The molecule has 1 aliphatic rings. The van der Waals surface area contributed by atoms with Crippen molar-refractivity contribution >= 4 is 5.91 Å². The zero-order valence-corrected chi connectivity index (χ0v) is 12.5. The molecule has 110 valence electrons. The first-order valence-corrected chi connectivity index (χ1v) is 7.19. The van der Waals surface area contributed by atoms with Gasteiger partial charge in [-0.2, -0.15) is 0 Å². The van der Waals surface area contributed by atoms with E-state index in [2.05, 4.69) is 18.3 Å². The van der Waals surface area contributed by atoms with E-state index in [4.69, 9.17) is 10.5 Å². The summed E-state index contributed by atoms with van der Waals surface area (Å²) < 4.78 is 6.10. The number of likely N-dealkylation sites (N-methyl/N-ethyl adjacent to an activating group) is 1. The maximum atomic E-state index is 11.7. The predicted octanol–water partition coefficient (Wildman–Crippen LogP) is 2.07. The van der Waals surface area contributed by atoms with E-state index in [0.717, 1.165) is 30.6 Å². The molecule has 0 bridgehead atoms. The molecule has 0 spiro atoms. The van der Waals surface area contributed by atoms with Gasteiger partial charge in [-0.05, 0) is 51.8 Å². The zero-order valence-electron chi connectivity index (χ0n) is 12.5. The molecule has 0 aromatic heterocycles. The Morgan fingerprint density at radius 3 is 2.80 bits per heavy atom. The quantitative estimate of drug-likeness (QED) is 0.885. The highest BCUT2D eigenvalue weighted by Gasteiger charge is 2.41. The lowest BCUT2D eigenvalue weighted by atomic mass is 9.79. The van der Waals surface area contributed by atoms with Crippen molar-refractivity contribution < 1.29 is 9.53 Å². The first-order valence-electron chi connectivity index (χ1n) is 7.19. The lowest BCUT2D eigenvalue weighted by Gasteiger charge is -2.38. The Morgan fingerprint density at radius 1 is 1.45 bits per heavy atom. The summed E-state index contributed by atoms with van der Waals surface area (Å²) >= 11 is 0. The summed E-state index contributed by atoms with van der Waals surface area (Å²) in [6, 6.07) is 6.16. The molecule has 1 aromatic carbocycles. The van der Waals surface area contributed by atoms with Gasteiger partial charge in [0.2, 0.25) is 5.91 Å². The topological polar surface area (TPSA) is 64.3 Å². The molecular formula is C16H24N2O2. The molecule has 0 aliphatic heterocycles. The number of nitrogens with two attached hydrogens (primary N) is 1. The molecule has 2 rings (SSSR count). The summed E-state index contributed by atoms with van der Waals surface area (Å²) in [6.45, 7) is 4.11. The number of nitrogens with one attached hydrogen (secondary N) is 1. The van der Waals surface area contributed by atoms with E-state index in [1.807, 2.05) is 19.1 Å². The van der Waals surface area contributed by atoms with Gasteiger partial charge in [0, 0.05) is 6.42 Å². The summed E-state index contributed by atoms with van der Waals surface area (Å²) in [5, 5.41) is 3.10. The SMILES string of the molecule is CNC1(C(N)=O)CCCC(Oc2ccc(C)cc2C)C1. The van der Waals surface area contributed by atoms with Crippen molar-refractivity contribution in [1.29, 1.82) is 0 Å². The van der Waals surface area contributed by atoms with Gasteiger partial charge in [0.05, 0.1) is 0 Å². The van der Waals surface area contributed by atoms with Crippen molar-refractivity contribution in [3.63, 3.8) is 0 Å². The molecule has 2 unspecified atom stereocenters.